The van der Waals surface area contributed by atoms with E-state index in [0.29, 0.717) is 52.9 Å². The highest BCUT2D eigenvalue weighted by atomic mass is 35.5. The Kier molecular flexibility index (Phi) is 6.06. The maximum Gasteiger partial charge on any atom is 0.252 e. The van der Waals surface area contributed by atoms with Gasteiger partial charge in [0, 0.05) is 31.0 Å². The summed E-state index contributed by atoms with van der Waals surface area (Å²) < 4.78 is 24.9. The van der Waals surface area contributed by atoms with Crippen LogP contribution in [0.15, 0.2) is 18.2 Å². The van der Waals surface area contributed by atoms with Gasteiger partial charge in [0.05, 0.1) is 33.1 Å². The van der Waals surface area contributed by atoms with Crippen LogP contribution < -0.4 is 11.1 Å². The third-order valence-electron chi connectivity index (χ3n) is 5.88. The van der Waals surface area contributed by atoms with Crippen LogP contribution in [-0.4, -0.2) is 64.6 Å². The van der Waals surface area contributed by atoms with Crippen molar-refractivity contribution in [1.82, 2.24) is 20.0 Å². The summed E-state index contributed by atoms with van der Waals surface area (Å²) in [6.45, 7) is 1.19. The largest absolute Gasteiger partial charge is 0.365 e. The van der Waals surface area contributed by atoms with Crippen molar-refractivity contribution < 1.29 is 18.3 Å². The van der Waals surface area contributed by atoms with E-state index < -0.39 is 22.1 Å². The average molecular weight is 488 g/mol. The summed E-state index contributed by atoms with van der Waals surface area (Å²) in [5.41, 5.74) is 7.59. The quantitative estimate of drug-likeness (QED) is 0.521. The van der Waals surface area contributed by atoms with Crippen molar-refractivity contribution in [3.05, 3.63) is 39.5 Å². The topological polar surface area (TPSA) is 131 Å². The third kappa shape index (κ3) is 4.46. The number of carbonyl (C=O) groups excluding carboxylic acids is 1. The first-order valence-corrected chi connectivity index (χ1v) is 12.5. The van der Waals surface area contributed by atoms with E-state index in [1.54, 1.807) is 27.8 Å². The molecule has 1 aliphatic carbocycles. The minimum Gasteiger partial charge on any atom is -0.365 e. The summed E-state index contributed by atoms with van der Waals surface area (Å²) in [4.78, 5) is 14.0. The Balaban J connectivity index is 1.53. The Bertz CT molecular complexity index is 1130. The van der Waals surface area contributed by atoms with E-state index in [1.807, 2.05) is 0 Å². The maximum atomic E-state index is 12.3. The van der Waals surface area contributed by atoms with E-state index in [4.69, 9.17) is 28.9 Å². The number of halogens is 2. The summed E-state index contributed by atoms with van der Waals surface area (Å²) in [5, 5.41) is 18.6. The lowest BCUT2D eigenvalue weighted by atomic mass is 9.92. The first-order chi connectivity index (χ1) is 14.5. The van der Waals surface area contributed by atoms with Gasteiger partial charge < -0.3 is 10.8 Å². The van der Waals surface area contributed by atoms with Crippen molar-refractivity contribution in [2.45, 2.75) is 43.6 Å². The molecular weight excluding hydrogens is 465 g/mol. The molecule has 1 amide bonds. The molecule has 1 saturated carbocycles. The molecule has 31 heavy (non-hydrogen) atoms. The van der Waals surface area contributed by atoms with Crippen LogP contribution in [0.1, 0.15) is 28.9 Å². The van der Waals surface area contributed by atoms with Crippen LogP contribution in [-0.2, 0) is 22.9 Å². The van der Waals surface area contributed by atoms with Gasteiger partial charge in [-0.05, 0) is 25.0 Å². The number of amides is 1. The van der Waals surface area contributed by atoms with Gasteiger partial charge in [0.25, 0.3) is 5.91 Å². The molecule has 0 saturated heterocycles. The van der Waals surface area contributed by atoms with Gasteiger partial charge in [0.2, 0.25) is 0 Å². The Hall–Kier alpha value is -1.69. The molecule has 1 aromatic heterocycles. The number of aliphatic hydroxyl groups is 1. The zero-order chi connectivity index (χ0) is 22.5. The Morgan fingerprint density at radius 1 is 1.29 bits per heavy atom. The molecule has 2 aliphatic rings. The number of sulfone groups is 1. The molecule has 168 valence electrons. The van der Waals surface area contributed by atoms with Crippen molar-refractivity contribution in [1.29, 1.82) is 0 Å². The van der Waals surface area contributed by atoms with Gasteiger partial charge in [-0.1, -0.05) is 29.3 Å². The third-order valence-corrected chi connectivity index (χ3v) is 8.21. The molecule has 1 fully saturated rings. The summed E-state index contributed by atoms with van der Waals surface area (Å²) in [6, 6.07) is 4.90. The second kappa shape index (κ2) is 8.34. The molecule has 1 unspecified atom stereocenters. The molecule has 12 heteroatoms. The number of hydrogen-bond acceptors (Lipinski definition) is 7. The molecule has 0 spiro atoms. The minimum atomic E-state index is -3.06. The van der Waals surface area contributed by atoms with E-state index in [1.165, 1.54) is 6.26 Å². The zero-order valence-corrected chi connectivity index (χ0v) is 19.1. The van der Waals surface area contributed by atoms with Gasteiger partial charge in [-0.2, -0.15) is 5.10 Å². The highest BCUT2D eigenvalue weighted by Gasteiger charge is 2.38. The second-order valence-electron chi connectivity index (χ2n) is 8.02. The highest BCUT2D eigenvalue weighted by molar-refractivity contribution is 7.91. The molecule has 1 aliphatic heterocycles. The van der Waals surface area contributed by atoms with E-state index in [-0.39, 0.29) is 23.4 Å². The maximum absolute atomic E-state index is 12.3. The predicted molar refractivity (Wildman–Crippen MR) is 117 cm³/mol. The summed E-state index contributed by atoms with van der Waals surface area (Å²) in [6.07, 6.45) is 1.18. The lowest BCUT2D eigenvalue weighted by Gasteiger charge is -2.39. The number of fused-ring (bicyclic) bond motifs is 1. The van der Waals surface area contributed by atoms with Crippen molar-refractivity contribution in [3.8, 4) is 11.3 Å². The fraction of sp³-hybridized carbons (Fsp3) is 0.474. The molecule has 4 rings (SSSR count). The molecule has 4 N–H and O–H groups in total. The highest BCUT2D eigenvalue weighted by Crippen LogP contribution is 2.33. The van der Waals surface area contributed by atoms with Crippen molar-refractivity contribution >= 4 is 38.9 Å². The number of primary amides is 1. The number of nitrogens with two attached hydrogens (primary N) is 1. The van der Waals surface area contributed by atoms with E-state index >= 15 is 0 Å². The van der Waals surface area contributed by atoms with E-state index in [2.05, 4.69) is 10.4 Å². The fourth-order valence-electron chi connectivity index (χ4n) is 4.02. The Labute approximate surface area is 190 Å². The normalized spacial score (nSPS) is 22.6. The molecule has 0 radical (unpaired) electrons. The SMILES string of the molecule is CS(=O)(=O)C1CC(NC(O)N2CCn3nc(-c4ccc(Cl)c(Cl)c4)c(C(N)=O)c3C2)C1. The second-order valence-corrected chi connectivity index (χ2v) is 11.2. The lowest BCUT2D eigenvalue weighted by Crippen LogP contribution is -2.57. The molecule has 1 aromatic carbocycles. The van der Waals surface area contributed by atoms with Crippen molar-refractivity contribution in [2.75, 3.05) is 12.8 Å². The van der Waals surface area contributed by atoms with Gasteiger partial charge >= 0.3 is 0 Å². The summed E-state index contributed by atoms with van der Waals surface area (Å²) in [5.74, 6) is -0.624. The number of nitrogens with zero attached hydrogens (tertiary/aromatic N) is 3. The van der Waals surface area contributed by atoms with Crippen LogP contribution in [0.3, 0.4) is 0 Å². The number of hydrogen-bond donors (Lipinski definition) is 3. The van der Waals surface area contributed by atoms with Crippen LogP contribution in [0.2, 0.25) is 10.0 Å². The van der Waals surface area contributed by atoms with Crippen molar-refractivity contribution in [3.63, 3.8) is 0 Å². The van der Waals surface area contributed by atoms with Gasteiger partial charge in [-0.3, -0.25) is 19.7 Å². The zero-order valence-electron chi connectivity index (χ0n) is 16.8. The predicted octanol–water partition coefficient (Wildman–Crippen LogP) is 1.21. The van der Waals surface area contributed by atoms with Crippen LogP contribution in [0.4, 0.5) is 0 Å². The molecular formula is C19H23Cl2N5O4S. The van der Waals surface area contributed by atoms with Crippen molar-refractivity contribution in [2.24, 2.45) is 5.73 Å². The number of benzene rings is 1. The standard InChI is InChI=1S/C19H23Cl2N5O4S/c1-31(29,30)12-7-11(8-12)23-19(28)25-4-5-26-15(9-25)16(18(22)27)17(24-26)10-2-3-13(20)14(21)6-10/h2-3,6,11-12,19,23,28H,4-5,7-9H2,1H3,(H2,22,27). The average Bonchev–Trinajstić information content (AvgIpc) is 3.04. The molecule has 9 nitrogen and oxygen atoms in total. The number of carbonyl (C=O) groups is 1. The van der Waals surface area contributed by atoms with Gasteiger partial charge in [-0.25, -0.2) is 8.42 Å². The summed E-state index contributed by atoms with van der Waals surface area (Å²) in [7, 11) is -3.06. The first kappa shape index (κ1) is 22.5. The van der Waals surface area contributed by atoms with Gasteiger partial charge in [0.15, 0.2) is 6.35 Å². The van der Waals surface area contributed by atoms with Gasteiger partial charge in [0.1, 0.15) is 15.5 Å². The monoisotopic (exact) mass is 487 g/mol. The lowest BCUT2D eigenvalue weighted by molar-refractivity contribution is -0.0515. The van der Waals surface area contributed by atoms with Crippen LogP contribution in [0.5, 0.6) is 0 Å². The molecule has 2 heterocycles. The van der Waals surface area contributed by atoms with E-state index in [9.17, 15) is 18.3 Å². The Morgan fingerprint density at radius 2 is 2.00 bits per heavy atom. The number of aliphatic hydroxyl groups excluding tert-OH is 1. The summed E-state index contributed by atoms with van der Waals surface area (Å²) >= 11 is 12.1. The number of rotatable bonds is 6. The first-order valence-electron chi connectivity index (χ1n) is 9.76. The molecule has 1 atom stereocenters. The van der Waals surface area contributed by atoms with Gasteiger partial charge in [-0.15, -0.1) is 0 Å². The number of nitrogens with one attached hydrogen (secondary N) is 1. The van der Waals surface area contributed by atoms with Crippen LogP contribution in [0, 0.1) is 0 Å². The minimum absolute atomic E-state index is 0.0797. The number of aromatic nitrogens is 2. The molecule has 2 aromatic rings. The smallest absolute Gasteiger partial charge is 0.252 e. The van der Waals surface area contributed by atoms with Crippen LogP contribution >= 0.6 is 23.2 Å². The van der Waals surface area contributed by atoms with E-state index in [0.717, 1.165) is 0 Å². The van der Waals surface area contributed by atoms with Crippen LogP contribution in [0.25, 0.3) is 11.3 Å². The Morgan fingerprint density at radius 3 is 2.61 bits per heavy atom. The fourth-order valence-corrected chi connectivity index (χ4v) is 5.48. The molecule has 0 bridgehead atoms.